The third-order valence-electron chi connectivity index (χ3n) is 3.19. The van der Waals surface area contributed by atoms with Gasteiger partial charge in [-0.15, -0.1) is 0 Å². The fourth-order valence-corrected chi connectivity index (χ4v) is 2.05. The van der Waals surface area contributed by atoms with Crippen molar-refractivity contribution in [3.63, 3.8) is 0 Å². The number of ether oxygens (including phenoxy) is 2. The average molecular weight is 275 g/mol. The summed E-state index contributed by atoms with van der Waals surface area (Å²) in [4.78, 5) is 26.2. The lowest BCUT2D eigenvalue weighted by Gasteiger charge is -2.09. The zero-order valence-corrected chi connectivity index (χ0v) is 11.7. The van der Waals surface area contributed by atoms with Gasteiger partial charge >= 0.3 is 11.9 Å². The van der Waals surface area contributed by atoms with Crippen LogP contribution in [0.1, 0.15) is 35.8 Å². The highest BCUT2D eigenvalue weighted by Gasteiger charge is 2.17. The Morgan fingerprint density at radius 1 is 1.30 bits per heavy atom. The van der Waals surface area contributed by atoms with E-state index in [4.69, 9.17) is 9.47 Å². The van der Waals surface area contributed by atoms with E-state index in [1.165, 1.54) is 7.11 Å². The van der Waals surface area contributed by atoms with Crippen LogP contribution >= 0.6 is 0 Å². The summed E-state index contributed by atoms with van der Waals surface area (Å²) in [5, 5.41) is 0.862. The molecule has 0 bridgehead atoms. The number of aromatic nitrogens is 1. The molecule has 1 N–H and O–H groups in total. The lowest BCUT2D eigenvalue weighted by molar-refractivity contribution is -0.141. The molecular formula is C15H17NO4. The largest absolute Gasteiger partial charge is 0.469 e. The zero-order valence-electron chi connectivity index (χ0n) is 11.7. The Morgan fingerprint density at radius 2 is 2.05 bits per heavy atom. The van der Waals surface area contributed by atoms with Crippen molar-refractivity contribution in [3.05, 3.63) is 35.5 Å². The Kier molecular flexibility index (Phi) is 4.08. The van der Waals surface area contributed by atoms with Gasteiger partial charge in [0.15, 0.2) is 0 Å². The summed E-state index contributed by atoms with van der Waals surface area (Å²) < 4.78 is 9.68. The van der Waals surface area contributed by atoms with Crippen LogP contribution in [0.25, 0.3) is 10.9 Å². The number of hydrogen-bond acceptors (Lipinski definition) is 4. The zero-order chi connectivity index (χ0) is 14.7. The van der Waals surface area contributed by atoms with Gasteiger partial charge in [0.2, 0.25) is 0 Å². The molecule has 1 unspecified atom stereocenters. The Labute approximate surface area is 116 Å². The van der Waals surface area contributed by atoms with Crippen LogP contribution in [-0.2, 0) is 14.3 Å². The third-order valence-corrected chi connectivity index (χ3v) is 3.19. The number of H-pyrrole nitrogens is 1. The number of aromatic amines is 1. The normalized spacial score (nSPS) is 12.2. The van der Waals surface area contributed by atoms with Crippen LogP contribution < -0.4 is 0 Å². The van der Waals surface area contributed by atoms with Crippen LogP contribution in [0.5, 0.6) is 0 Å². The summed E-state index contributed by atoms with van der Waals surface area (Å²) in [6.45, 7) is 3.88. The summed E-state index contributed by atoms with van der Waals surface area (Å²) in [5.74, 6) is -1.01. The summed E-state index contributed by atoms with van der Waals surface area (Å²) >= 11 is 0. The first kappa shape index (κ1) is 14.1. The van der Waals surface area contributed by atoms with Crippen molar-refractivity contribution in [2.24, 2.45) is 0 Å². The maximum absolute atomic E-state index is 11.7. The van der Waals surface area contributed by atoms with Crippen molar-refractivity contribution in [2.75, 3.05) is 13.7 Å². The van der Waals surface area contributed by atoms with Crippen molar-refractivity contribution >= 4 is 22.8 Å². The molecule has 0 amide bonds. The van der Waals surface area contributed by atoms with E-state index in [2.05, 4.69) is 4.98 Å². The fourth-order valence-electron chi connectivity index (χ4n) is 2.05. The average Bonchev–Trinajstić information content (AvgIpc) is 2.88. The van der Waals surface area contributed by atoms with E-state index >= 15 is 0 Å². The monoisotopic (exact) mass is 275 g/mol. The summed E-state index contributed by atoms with van der Waals surface area (Å²) in [6, 6.07) is 7.28. The van der Waals surface area contributed by atoms with E-state index < -0.39 is 0 Å². The molecule has 2 rings (SSSR count). The van der Waals surface area contributed by atoms with E-state index in [1.807, 2.05) is 18.2 Å². The molecule has 2 aromatic rings. The quantitative estimate of drug-likeness (QED) is 0.871. The number of carbonyl (C=O) groups excluding carboxylic acids is 2. The first-order chi connectivity index (χ1) is 9.56. The van der Waals surface area contributed by atoms with E-state index in [9.17, 15) is 9.59 Å². The van der Waals surface area contributed by atoms with Gasteiger partial charge in [0.05, 0.1) is 19.6 Å². The molecule has 5 heteroatoms. The molecule has 0 aliphatic carbocycles. The predicted octanol–water partition coefficient (Wildman–Crippen LogP) is 2.62. The molecule has 0 aliphatic heterocycles. The molecule has 1 aromatic carbocycles. The number of rotatable bonds is 4. The second-order valence-electron chi connectivity index (χ2n) is 4.50. The molecule has 1 atom stereocenters. The highest BCUT2D eigenvalue weighted by molar-refractivity contribution is 5.95. The van der Waals surface area contributed by atoms with Crippen LogP contribution in [-0.4, -0.2) is 30.6 Å². The van der Waals surface area contributed by atoms with E-state index in [1.54, 1.807) is 19.9 Å². The topological polar surface area (TPSA) is 68.4 Å². The van der Waals surface area contributed by atoms with Crippen LogP contribution in [0.4, 0.5) is 0 Å². The minimum absolute atomic E-state index is 0.287. The minimum atomic E-state index is -0.383. The SMILES string of the molecule is CCOC(=O)c1cc2cc(C(C)C(=O)OC)ccc2[nH]1. The Hall–Kier alpha value is -2.30. The van der Waals surface area contributed by atoms with Gasteiger partial charge in [0.1, 0.15) is 5.69 Å². The molecule has 0 saturated heterocycles. The lowest BCUT2D eigenvalue weighted by Crippen LogP contribution is -2.10. The minimum Gasteiger partial charge on any atom is -0.469 e. The second kappa shape index (κ2) is 5.77. The smallest absolute Gasteiger partial charge is 0.354 e. The lowest BCUT2D eigenvalue weighted by atomic mass is 10.00. The molecule has 1 heterocycles. The third kappa shape index (κ3) is 2.66. The van der Waals surface area contributed by atoms with Crippen molar-refractivity contribution in [1.82, 2.24) is 4.98 Å². The molecule has 5 nitrogen and oxygen atoms in total. The second-order valence-corrected chi connectivity index (χ2v) is 4.50. The number of benzene rings is 1. The van der Waals surface area contributed by atoms with Gasteiger partial charge in [-0.3, -0.25) is 4.79 Å². The van der Waals surface area contributed by atoms with Crippen molar-refractivity contribution in [2.45, 2.75) is 19.8 Å². The van der Waals surface area contributed by atoms with Gasteiger partial charge < -0.3 is 14.5 Å². The molecule has 20 heavy (non-hydrogen) atoms. The molecule has 0 spiro atoms. The van der Waals surface area contributed by atoms with Crippen LogP contribution in [0.3, 0.4) is 0 Å². The summed E-state index contributed by atoms with van der Waals surface area (Å²) in [7, 11) is 1.37. The molecule has 106 valence electrons. The number of fused-ring (bicyclic) bond motifs is 1. The maximum Gasteiger partial charge on any atom is 0.354 e. The van der Waals surface area contributed by atoms with Crippen molar-refractivity contribution in [1.29, 1.82) is 0 Å². The van der Waals surface area contributed by atoms with Gasteiger partial charge in [-0.25, -0.2) is 4.79 Å². The van der Waals surface area contributed by atoms with Gasteiger partial charge in [-0.1, -0.05) is 6.07 Å². The number of nitrogens with one attached hydrogen (secondary N) is 1. The number of methoxy groups -OCH3 is 1. The van der Waals surface area contributed by atoms with Crippen LogP contribution in [0.2, 0.25) is 0 Å². The molecule has 0 radical (unpaired) electrons. The van der Waals surface area contributed by atoms with E-state index in [0.717, 1.165) is 16.5 Å². The first-order valence-electron chi connectivity index (χ1n) is 6.44. The van der Waals surface area contributed by atoms with Gasteiger partial charge in [0, 0.05) is 10.9 Å². The standard InChI is InChI=1S/C15H17NO4/c1-4-20-15(18)13-8-11-7-10(5-6-12(11)16-13)9(2)14(17)19-3/h5-9,16H,4H2,1-3H3. The Bertz CT molecular complexity index is 644. The predicted molar refractivity (Wildman–Crippen MR) is 74.7 cm³/mol. The van der Waals surface area contributed by atoms with Gasteiger partial charge in [-0.2, -0.15) is 0 Å². The molecular weight excluding hydrogens is 258 g/mol. The fraction of sp³-hybridized carbons (Fsp3) is 0.333. The van der Waals surface area contributed by atoms with Crippen molar-refractivity contribution in [3.8, 4) is 0 Å². The van der Waals surface area contributed by atoms with E-state index in [-0.39, 0.29) is 17.9 Å². The van der Waals surface area contributed by atoms with Crippen LogP contribution in [0.15, 0.2) is 24.3 Å². The number of carbonyl (C=O) groups is 2. The maximum atomic E-state index is 11.7. The number of esters is 2. The summed E-state index contributed by atoms with van der Waals surface area (Å²) in [5.41, 5.74) is 2.08. The first-order valence-corrected chi connectivity index (χ1v) is 6.44. The van der Waals surface area contributed by atoms with Gasteiger partial charge in [0.25, 0.3) is 0 Å². The Balaban J connectivity index is 2.35. The molecule has 0 fully saturated rings. The molecule has 0 aliphatic rings. The highest BCUT2D eigenvalue weighted by Crippen LogP contribution is 2.23. The summed E-state index contributed by atoms with van der Waals surface area (Å²) in [6.07, 6.45) is 0. The number of hydrogen-bond donors (Lipinski definition) is 1. The van der Waals surface area contributed by atoms with Crippen molar-refractivity contribution < 1.29 is 19.1 Å². The highest BCUT2D eigenvalue weighted by atomic mass is 16.5. The van der Waals surface area contributed by atoms with E-state index in [0.29, 0.717) is 12.3 Å². The van der Waals surface area contributed by atoms with Gasteiger partial charge in [-0.05, 0) is 37.6 Å². The molecule has 1 aromatic heterocycles. The Morgan fingerprint density at radius 3 is 2.70 bits per heavy atom. The van der Waals surface area contributed by atoms with Crippen LogP contribution in [0, 0.1) is 0 Å². The molecule has 0 saturated carbocycles.